The van der Waals surface area contributed by atoms with Gasteiger partial charge < -0.3 is 95.9 Å². The van der Waals surface area contributed by atoms with Crippen LogP contribution in [0.2, 0.25) is 6.04 Å². The largest absolute Gasteiger partial charge is 0.500 e. The number of hydrogen-bond donors (Lipinski definition) is 13. The Hall–Kier alpha value is -6.55. The number of ketones is 1. The lowest BCUT2D eigenvalue weighted by atomic mass is 9.96. The Morgan fingerprint density at radius 2 is 0.873 bits per heavy atom. The van der Waals surface area contributed by atoms with Gasteiger partial charge in [0, 0.05) is 170 Å². The van der Waals surface area contributed by atoms with Gasteiger partial charge in [-0.15, -0.1) is 0 Å². The number of carbonyl (C=O) groups is 10. The maximum absolute atomic E-state index is 13.8. The number of urea groups is 2. The van der Waals surface area contributed by atoms with Crippen molar-refractivity contribution in [2.24, 2.45) is 5.92 Å². The molecule has 7 fully saturated rings. The number of rotatable bonds is 57. The molecule has 11 amide bonds. The molecular formula is C75H129N17O21S4Si. The van der Waals surface area contributed by atoms with E-state index in [0.717, 1.165) is 62.9 Å². The summed E-state index contributed by atoms with van der Waals surface area (Å²) in [6.07, 6.45) is 14.1. The number of thioether (sulfide) groups is 2. The van der Waals surface area contributed by atoms with Crippen molar-refractivity contribution in [2.45, 2.75) is 259 Å². The van der Waals surface area contributed by atoms with Crippen LogP contribution in [-0.2, 0) is 81.3 Å². The van der Waals surface area contributed by atoms with Crippen LogP contribution in [0.4, 0.5) is 27.4 Å². The maximum atomic E-state index is 13.8. The highest BCUT2D eigenvalue weighted by atomic mass is 32.2. The fourth-order valence-corrected chi connectivity index (χ4v) is 22.8. The van der Waals surface area contributed by atoms with Gasteiger partial charge in [0.2, 0.25) is 59.2 Å². The van der Waals surface area contributed by atoms with E-state index in [1.54, 1.807) is 0 Å². The summed E-state index contributed by atoms with van der Waals surface area (Å²) in [6.45, 7) is 11.8. The number of fused-ring (bicyclic) bond motifs is 2. The zero-order chi connectivity index (χ0) is 84.9. The van der Waals surface area contributed by atoms with Crippen molar-refractivity contribution in [3.8, 4) is 0 Å². The van der Waals surface area contributed by atoms with Crippen molar-refractivity contribution in [2.75, 3.05) is 143 Å². The molecule has 1 aromatic rings. The van der Waals surface area contributed by atoms with Gasteiger partial charge in [0.1, 0.15) is 29.4 Å². The van der Waals surface area contributed by atoms with Crippen molar-refractivity contribution in [1.82, 2.24) is 73.4 Å². The molecule has 13 N–H and O–H groups in total. The number of unbranched alkanes of at least 4 members (excludes halogenated alkanes) is 7. The zero-order valence-electron chi connectivity index (χ0n) is 68.8. The van der Waals surface area contributed by atoms with Gasteiger partial charge in [-0.05, 0) is 130 Å². The normalized spacial score (nSPS) is 21.0. The number of amides is 11. The zero-order valence-corrected chi connectivity index (χ0v) is 73.0. The number of aromatic nitrogens is 3. The Bertz CT molecular complexity index is 3430. The molecule has 43 heteroatoms. The standard InChI is InChI=1S/C75H129N17O21S4Si/c1-4-111-118(112-5-2,113-6-3)47-18-15-20-55(93)21-19-43-109-45-46-110-44-36-78-68(98)52-28-37-90(38-29-52)71-87-72(91-39-30-53(31-40-91)79-69(99)58(50-116(103,104)105)81-64(96)26-9-7-16-34-76-62(94)24-13-11-22-60-66-56(48-114-60)83-74(101)85-66)89-73(88-71)92-41-32-54(33-42-92)80-70(100)59(51-117(106,107)108)82-65(97)27-10-8-17-35-77-63(95)25-14-12-23-61-67-57(49-115-61)84-75(102)86-67/h52-54,56-61,66-67H,4-51H2,1-3H3,(H,76,94)(H,77,95)(H,78,98)(H,79,99)(H,80,100)(H,81,96)(H,82,97)(H2,83,85,101)(H2,84,86,102)(H,103,104,105)(H,106,107,108)/t56-,57+,58?,59?,60-,61-,66-,67+/m0/s1. The molecule has 0 saturated carbocycles. The average molecular weight is 1760 g/mol. The first-order valence-corrected chi connectivity index (χ1v) is 49.8. The molecule has 0 radical (unpaired) electrons. The second kappa shape index (κ2) is 50.8. The van der Waals surface area contributed by atoms with Crippen LogP contribution in [0.1, 0.15) is 194 Å². The van der Waals surface area contributed by atoms with E-state index in [9.17, 15) is 73.9 Å². The monoisotopic (exact) mass is 1760 g/mol. The molecule has 0 aromatic carbocycles. The van der Waals surface area contributed by atoms with E-state index in [1.807, 2.05) is 59.0 Å². The molecule has 0 aliphatic carbocycles. The highest BCUT2D eigenvalue weighted by Crippen LogP contribution is 2.35. The van der Waals surface area contributed by atoms with E-state index in [0.29, 0.717) is 236 Å². The van der Waals surface area contributed by atoms with Crippen LogP contribution in [-0.4, -0.2) is 296 Å². The Morgan fingerprint density at radius 1 is 0.475 bits per heavy atom. The van der Waals surface area contributed by atoms with Crippen LogP contribution in [0.15, 0.2) is 0 Å². The lowest BCUT2D eigenvalue weighted by Gasteiger charge is -2.36. The first-order chi connectivity index (χ1) is 56.7. The summed E-state index contributed by atoms with van der Waals surface area (Å²) in [6, 6.07) is -3.22. The number of nitrogens with zero attached hydrogens (tertiary/aromatic N) is 6. The van der Waals surface area contributed by atoms with E-state index in [4.69, 9.17) is 37.7 Å². The summed E-state index contributed by atoms with van der Waals surface area (Å²) < 4.78 is 97.8. The van der Waals surface area contributed by atoms with Crippen LogP contribution in [0, 0.1) is 5.92 Å². The minimum absolute atomic E-state index is 0.0344. The third-order valence-corrected chi connectivity index (χ3v) is 29.6. The minimum atomic E-state index is -4.73. The molecule has 0 spiro atoms. The van der Waals surface area contributed by atoms with E-state index in [1.165, 1.54) is 0 Å². The Labute approximate surface area is 703 Å². The van der Waals surface area contributed by atoms with Gasteiger partial charge in [-0.2, -0.15) is 55.3 Å². The van der Waals surface area contributed by atoms with Gasteiger partial charge in [-0.1, -0.05) is 25.7 Å². The van der Waals surface area contributed by atoms with Gasteiger partial charge >= 0.3 is 20.9 Å². The Balaban J connectivity index is 0.772. The predicted molar refractivity (Wildman–Crippen MR) is 447 cm³/mol. The van der Waals surface area contributed by atoms with E-state index in [2.05, 4.69) is 58.5 Å². The molecule has 7 aliphatic heterocycles. The summed E-state index contributed by atoms with van der Waals surface area (Å²) in [5, 5.41) is 32.0. The third-order valence-electron chi connectivity index (χ3n) is 22.0. The molecular weight excluding hydrogens is 1630 g/mol. The highest BCUT2D eigenvalue weighted by molar-refractivity contribution is 8.00. The summed E-state index contributed by atoms with van der Waals surface area (Å²) in [4.78, 5) is 149. The number of hydrogen-bond acceptors (Lipinski definition) is 27. The Kier molecular flexibility index (Phi) is 41.7. The number of ether oxygens (including phenoxy) is 2. The van der Waals surface area contributed by atoms with E-state index < -0.39 is 88.3 Å². The third kappa shape index (κ3) is 34.8. The second-order valence-corrected chi connectivity index (χ2v) is 39.4. The van der Waals surface area contributed by atoms with E-state index >= 15 is 0 Å². The smallest absolute Gasteiger partial charge is 0.379 e. The topological polar surface area (TPSA) is 506 Å². The molecule has 8 rings (SSSR count). The summed E-state index contributed by atoms with van der Waals surface area (Å²) in [5.41, 5.74) is 0. The SMILES string of the molecule is CCO[Si](CCCCC(=O)CCCOCCOCCNC(=O)C1CCN(c2nc(N3CCC(NC(=O)C(CS(=O)(=O)O)NC(=O)CCCCCNC(=O)CCCC[C@@H]4SC[C@@H]5NC(=O)N[C@@H]54)CC3)nc(N3CCC(NC(=O)C(CS(=O)(=O)O)NC(=O)CCCCCNC(=O)CCCC[C@@H]4SC[C@H]5NC(=O)N[C@@H]45)CC3)n2)CC1)(OCC)OCC. The minimum Gasteiger partial charge on any atom is -0.379 e. The lowest BCUT2D eigenvalue weighted by molar-refractivity contribution is -0.129. The second-order valence-electron chi connectivity index (χ2n) is 31.2. The molecule has 7 aliphatic rings. The first-order valence-electron chi connectivity index (χ1n) is 42.6. The van der Waals surface area contributed by atoms with Crippen LogP contribution in [0.3, 0.4) is 0 Å². The lowest BCUT2D eigenvalue weighted by Crippen LogP contribution is -2.54. The van der Waals surface area contributed by atoms with Crippen molar-refractivity contribution >= 4 is 130 Å². The molecule has 8 atom stereocenters. The van der Waals surface area contributed by atoms with Crippen LogP contribution < -0.4 is 73.2 Å². The predicted octanol–water partition coefficient (Wildman–Crippen LogP) is 2.53. The number of piperidine rings is 3. The van der Waals surface area contributed by atoms with Crippen molar-refractivity contribution in [3.63, 3.8) is 0 Å². The fraction of sp³-hybridized carbons (Fsp3) is 0.827. The number of nitrogens with one attached hydrogen (secondary N) is 11. The fourth-order valence-electron chi connectivity index (χ4n) is 15.7. The van der Waals surface area contributed by atoms with Crippen LogP contribution in [0.5, 0.6) is 0 Å². The van der Waals surface area contributed by atoms with Crippen molar-refractivity contribution in [3.05, 3.63) is 0 Å². The van der Waals surface area contributed by atoms with Crippen molar-refractivity contribution < 1.29 is 96.6 Å². The summed E-state index contributed by atoms with van der Waals surface area (Å²) >= 11 is 3.67. The molecule has 1 aromatic heterocycles. The van der Waals surface area contributed by atoms with Crippen molar-refractivity contribution in [1.29, 1.82) is 0 Å². The molecule has 0 bridgehead atoms. The number of Topliss-reactive ketones (excluding diaryl/α,β-unsaturated/α-hetero) is 1. The van der Waals surface area contributed by atoms with Gasteiger partial charge in [-0.25, -0.2) is 9.59 Å². The summed E-state index contributed by atoms with van der Waals surface area (Å²) in [5.74, 6) is -2.53. The van der Waals surface area contributed by atoms with Gasteiger partial charge in [0.25, 0.3) is 20.2 Å². The van der Waals surface area contributed by atoms with E-state index in [-0.39, 0.29) is 91.6 Å². The van der Waals surface area contributed by atoms with Gasteiger partial charge in [-0.3, -0.25) is 47.5 Å². The van der Waals surface area contributed by atoms with Crippen LogP contribution >= 0.6 is 23.5 Å². The maximum Gasteiger partial charge on any atom is 0.500 e. The van der Waals surface area contributed by atoms with Gasteiger partial charge in [0.05, 0.1) is 44.0 Å². The Morgan fingerprint density at radius 3 is 1.31 bits per heavy atom. The van der Waals surface area contributed by atoms with Crippen LogP contribution in [0.25, 0.3) is 0 Å². The molecule has 118 heavy (non-hydrogen) atoms. The highest BCUT2D eigenvalue weighted by Gasteiger charge is 2.45. The molecule has 668 valence electrons. The number of carbonyl (C=O) groups excluding carboxylic acids is 10. The molecule has 2 unspecified atom stereocenters. The summed E-state index contributed by atoms with van der Waals surface area (Å²) in [7, 11) is -12.2. The molecule has 38 nitrogen and oxygen atoms in total. The average Bonchev–Trinajstić information content (AvgIpc) is 1.35. The van der Waals surface area contributed by atoms with Gasteiger partial charge in [0.15, 0.2) is 0 Å². The molecule has 7 saturated heterocycles. The molecule has 8 heterocycles. The first kappa shape index (κ1) is 96.9. The quantitative estimate of drug-likeness (QED) is 0.0193. The number of anilines is 3.